The van der Waals surface area contributed by atoms with Gasteiger partial charge < -0.3 is 5.32 Å². The molecule has 4 rings (SSSR count). The van der Waals surface area contributed by atoms with Crippen molar-refractivity contribution in [3.05, 3.63) is 77.6 Å². The standard InChI is InChI=1S/C21H20N4/c1-14-10-12-25-18(13-14)23-20(17-9-4-5-11-22-17)21(25)24-19-15(2)7-6-8-16(19)3/h4-13,24H,1-3H3. The Bertz CT molecular complexity index is 1030. The number of anilines is 2. The van der Waals surface area contributed by atoms with Gasteiger partial charge in [-0.05, 0) is 61.7 Å². The van der Waals surface area contributed by atoms with E-state index in [1.165, 1.54) is 16.7 Å². The van der Waals surface area contributed by atoms with Crippen LogP contribution in [0.5, 0.6) is 0 Å². The Morgan fingerprint density at radius 2 is 1.72 bits per heavy atom. The first-order valence-electron chi connectivity index (χ1n) is 8.37. The molecule has 0 radical (unpaired) electrons. The van der Waals surface area contributed by atoms with Crippen LogP contribution in [-0.4, -0.2) is 14.4 Å². The van der Waals surface area contributed by atoms with E-state index in [1.54, 1.807) is 6.20 Å². The molecule has 0 aliphatic rings. The molecule has 4 aromatic rings. The van der Waals surface area contributed by atoms with Crippen LogP contribution in [0.3, 0.4) is 0 Å². The highest BCUT2D eigenvalue weighted by atomic mass is 15.1. The van der Waals surface area contributed by atoms with E-state index in [9.17, 15) is 0 Å². The third-order valence-electron chi connectivity index (χ3n) is 4.41. The lowest BCUT2D eigenvalue weighted by molar-refractivity contribution is 1.16. The number of hydrogen-bond donors (Lipinski definition) is 1. The summed E-state index contributed by atoms with van der Waals surface area (Å²) in [6, 6.07) is 16.4. The second-order valence-electron chi connectivity index (χ2n) is 6.35. The van der Waals surface area contributed by atoms with Gasteiger partial charge in [-0.3, -0.25) is 9.38 Å². The van der Waals surface area contributed by atoms with Crippen molar-refractivity contribution in [2.45, 2.75) is 20.8 Å². The Morgan fingerprint density at radius 1 is 0.920 bits per heavy atom. The fourth-order valence-corrected chi connectivity index (χ4v) is 3.08. The Balaban J connectivity index is 1.95. The summed E-state index contributed by atoms with van der Waals surface area (Å²) in [7, 11) is 0. The number of nitrogens with one attached hydrogen (secondary N) is 1. The van der Waals surface area contributed by atoms with Crippen molar-refractivity contribution in [1.82, 2.24) is 14.4 Å². The number of para-hydroxylation sites is 1. The van der Waals surface area contributed by atoms with Gasteiger partial charge in [-0.25, -0.2) is 4.98 Å². The first-order chi connectivity index (χ1) is 12.1. The molecule has 0 spiro atoms. The van der Waals surface area contributed by atoms with Crippen LogP contribution in [0.25, 0.3) is 17.0 Å². The molecule has 0 aliphatic heterocycles. The van der Waals surface area contributed by atoms with Gasteiger partial charge in [-0.15, -0.1) is 0 Å². The Morgan fingerprint density at radius 3 is 2.44 bits per heavy atom. The van der Waals surface area contributed by atoms with Crippen LogP contribution in [0.4, 0.5) is 11.5 Å². The quantitative estimate of drug-likeness (QED) is 0.571. The SMILES string of the molecule is Cc1ccn2c(Nc3c(C)cccc3C)c(-c3ccccn3)nc2c1. The van der Waals surface area contributed by atoms with Crippen molar-refractivity contribution < 1.29 is 0 Å². The minimum absolute atomic E-state index is 0.855. The number of nitrogens with zero attached hydrogens (tertiary/aromatic N) is 3. The number of fused-ring (bicyclic) bond motifs is 1. The molecule has 124 valence electrons. The van der Waals surface area contributed by atoms with Crippen LogP contribution < -0.4 is 5.32 Å². The molecular formula is C21H20N4. The Kier molecular flexibility index (Phi) is 3.73. The van der Waals surface area contributed by atoms with E-state index in [0.29, 0.717) is 0 Å². The van der Waals surface area contributed by atoms with Crippen molar-refractivity contribution in [2.24, 2.45) is 0 Å². The topological polar surface area (TPSA) is 42.2 Å². The molecule has 1 aromatic carbocycles. The van der Waals surface area contributed by atoms with Gasteiger partial charge in [0.25, 0.3) is 0 Å². The second kappa shape index (κ2) is 6.06. The predicted octanol–water partition coefficient (Wildman–Crippen LogP) is 5.07. The van der Waals surface area contributed by atoms with Crippen LogP contribution in [0.2, 0.25) is 0 Å². The summed E-state index contributed by atoms with van der Waals surface area (Å²) in [5.41, 5.74) is 7.33. The predicted molar refractivity (Wildman–Crippen MR) is 102 cm³/mol. The zero-order valence-electron chi connectivity index (χ0n) is 14.6. The van der Waals surface area contributed by atoms with Crippen molar-refractivity contribution in [3.8, 4) is 11.4 Å². The van der Waals surface area contributed by atoms with Gasteiger partial charge in [-0.1, -0.05) is 24.3 Å². The van der Waals surface area contributed by atoms with E-state index in [0.717, 1.165) is 28.5 Å². The summed E-state index contributed by atoms with van der Waals surface area (Å²) in [5.74, 6) is 0.936. The molecule has 0 aliphatic carbocycles. The van der Waals surface area contributed by atoms with Crippen molar-refractivity contribution >= 4 is 17.2 Å². The molecule has 25 heavy (non-hydrogen) atoms. The largest absolute Gasteiger partial charge is 0.339 e. The molecular weight excluding hydrogens is 308 g/mol. The zero-order chi connectivity index (χ0) is 17.4. The van der Waals surface area contributed by atoms with Gasteiger partial charge in [0, 0.05) is 18.1 Å². The summed E-state index contributed by atoms with van der Waals surface area (Å²) in [6.45, 7) is 6.31. The van der Waals surface area contributed by atoms with Crippen molar-refractivity contribution in [2.75, 3.05) is 5.32 Å². The normalized spacial score (nSPS) is 11.0. The number of imidazole rings is 1. The number of benzene rings is 1. The highest BCUT2D eigenvalue weighted by molar-refractivity contribution is 5.79. The number of hydrogen-bond acceptors (Lipinski definition) is 3. The molecule has 0 saturated carbocycles. The monoisotopic (exact) mass is 328 g/mol. The summed E-state index contributed by atoms with van der Waals surface area (Å²) < 4.78 is 2.09. The summed E-state index contributed by atoms with van der Waals surface area (Å²) in [5, 5.41) is 3.61. The molecule has 0 saturated heterocycles. The van der Waals surface area contributed by atoms with Gasteiger partial charge in [0.2, 0.25) is 0 Å². The maximum Gasteiger partial charge on any atom is 0.144 e. The Labute approximate surface area is 147 Å². The molecule has 0 amide bonds. The summed E-state index contributed by atoms with van der Waals surface area (Å²) >= 11 is 0. The number of pyridine rings is 2. The van der Waals surface area contributed by atoms with Gasteiger partial charge >= 0.3 is 0 Å². The number of rotatable bonds is 3. The zero-order valence-corrected chi connectivity index (χ0v) is 14.6. The van der Waals surface area contributed by atoms with Crippen LogP contribution in [0.1, 0.15) is 16.7 Å². The average molecular weight is 328 g/mol. The third-order valence-corrected chi connectivity index (χ3v) is 4.41. The third kappa shape index (κ3) is 2.76. The lowest BCUT2D eigenvalue weighted by atomic mass is 10.1. The molecule has 1 N–H and O–H groups in total. The van der Waals surface area contributed by atoms with Crippen molar-refractivity contribution in [3.63, 3.8) is 0 Å². The lowest BCUT2D eigenvalue weighted by Crippen LogP contribution is -2.01. The van der Waals surface area contributed by atoms with Crippen molar-refractivity contribution in [1.29, 1.82) is 0 Å². The van der Waals surface area contributed by atoms with Crippen LogP contribution >= 0.6 is 0 Å². The highest BCUT2D eigenvalue weighted by Crippen LogP contribution is 2.32. The average Bonchev–Trinajstić information content (AvgIpc) is 2.96. The van der Waals surface area contributed by atoms with E-state index in [4.69, 9.17) is 4.98 Å². The summed E-state index contributed by atoms with van der Waals surface area (Å²) in [6.07, 6.45) is 3.85. The molecule has 3 heterocycles. The van der Waals surface area contributed by atoms with Gasteiger partial charge in [0.15, 0.2) is 0 Å². The second-order valence-corrected chi connectivity index (χ2v) is 6.35. The van der Waals surface area contributed by atoms with Crippen LogP contribution in [0, 0.1) is 20.8 Å². The van der Waals surface area contributed by atoms with Crippen LogP contribution in [0.15, 0.2) is 60.9 Å². The van der Waals surface area contributed by atoms with E-state index in [1.807, 2.05) is 18.2 Å². The van der Waals surface area contributed by atoms with Crippen LogP contribution in [-0.2, 0) is 0 Å². The number of aromatic nitrogens is 3. The van der Waals surface area contributed by atoms with E-state index < -0.39 is 0 Å². The fraction of sp³-hybridized carbons (Fsp3) is 0.143. The van der Waals surface area contributed by atoms with Gasteiger partial charge in [0.1, 0.15) is 17.2 Å². The highest BCUT2D eigenvalue weighted by Gasteiger charge is 2.16. The van der Waals surface area contributed by atoms with E-state index >= 15 is 0 Å². The fourth-order valence-electron chi connectivity index (χ4n) is 3.08. The molecule has 3 aromatic heterocycles. The molecule has 0 atom stereocenters. The van der Waals surface area contributed by atoms with E-state index in [-0.39, 0.29) is 0 Å². The first kappa shape index (κ1) is 15.4. The molecule has 0 bridgehead atoms. The first-order valence-corrected chi connectivity index (χ1v) is 8.37. The maximum absolute atomic E-state index is 4.84. The Hall–Kier alpha value is -3.14. The molecule has 0 unspecified atom stereocenters. The molecule has 0 fully saturated rings. The number of aryl methyl sites for hydroxylation is 3. The summed E-state index contributed by atoms with van der Waals surface area (Å²) in [4.78, 5) is 9.34. The minimum atomic E-state index is 0.855. The van der Waals surface area contributed by atoms with E-state index in [2.05, 4.69) is 72.0 Å². The lowest BCUT2D eigenvalue weighted by Gasteiger charge is -2.13. The minimum Gasteiger partial charge on any atom is -0.339 e. The smallest absolute Gasteiger partial charge is 0.144 e. The maximum atomic E-state index is 4.84. The van der Waals surface area contributed by atoms with Gasteiger partial charge in [0.05, 0.1) is 5.69 Å². The molecule has 4 heteroatoms. The van der Waals surface area contributed by atoms with Gasteiger partial charge in [-0.2, -0.15) is 0 Å². The molecule has 4 nitrogen and oxygen atoms in total.